The molecule has 0 spiro atoms. The van der Waals surface area contributed by atoms with E-state index in [0.29, 0.717) is 18.7 Å². The Balaban J connectivity index is 2.22. The van der Waals surface area contributed by atoms with E-state index < -0.39 is 6.04 Å². The van der Waals surface area contributed by atoms with Gasteiger partial charge in [-0.2, -0.15) is 0 Å². The standard InChI is InChI=1S/C25H34N2O3/c1-7-22(24(29)26-25(4,5)6)27(16-20-11-9-8-10-12-20)23(28)17-30-21-14-18(2)13-19(3)15-21/h8-15,22H,7,16-17H2,1-6H3,(H,26,29)/t22-/m0/s1. The van der Waals surface area contributed by atoms with Crippen molar-refractivity contribution in [3.8, 4) is 5.75 Å². The van der Waals surface area contributed by atoms with Gasteiger partial charge in [0.15, 0.2) is 6.61 Å². The first-order valence-corrected chi connectivity index (χ1v) is 10.5. The normalized spacial score (nSPS) is 12.2. The minimum absolute atomic E-state index is 0.116. The van der Waals surface area contributed by atoms with Gasteiger partial charge >= 0.3 is 0 Å². The van der Waals surface area contributed by atoms with Gasteiger partial charge in [0.2, 0.25) is 5.91 Å². The molecule has 5 heteroatoms. The molecule has 0 aromatic heterocycles. The molecule has 5 nitrogen and oxygen atoms in total. The predicted octanol–water partition coefficient (Wildman–Crippen LogP) is 4.40. The number of nitrogens with one attached hydrogen (secondary N) is 1. The zero-order valence-electron chi connectivity index (χ0n) is 19.0. The van der Waals surface area contributed by atoms with E-state index in [1.165, 1.54) is 0 Å². The van der Waals surface area contributed by atoms with Crippen molar-refractivity contribution in [1.82, 2.24) is 10.2 Å². The van der Waals surface area contributed by atoms with E-state index in [4.69, 9.17) is 4.74 Å². The number of carbonyl (C=O) groups is 2. The highest BCUT2D eigenvalue weighted by Crippen LogP contribution is 2.18. The quantitative estimate of drug-likeness (QED) is 0.701. The molecule has 162 valence electrons. The Morgan fingerprint density at radius 2 is 1.63 bits per heavy atom. The average molecular weight is 411 g/mol. The van der Waals surface area contributed by atoms with Gasteiger partial charge in [-0.3, -0.25) is 9.59 Å². The van der Waals surface area contributed by atoms with Gasteiger partial charge < -0.3 is 15.0 Å². The van der Waals surface area contributed by atoms with Crippen LogP contribution in [-0.2, 0) is 16.1 Å². The minimum atomic E-state index is -0.570. The van der Waals surface area contributed by atoms with E-state index in [1.807, 2.05) is 84.0 Å². The summed E-state index contributed by atoms with van der Waals surface area (Å²) < 4.78 is 5.80. The van der Waals surface area contributed by atoms with E-state index in [-0.39, 0.29) is 24.0 Å². The Bertz CT molecular complexity index is 836. The summed E-state index contributed by atoms with van der Waals surface area (Å²) in [5.74, 6) is 0.294. The second-order valence-corrected chi connectivity index (χ2v) is 8.78. The van der Waals surface area contributed by atoms with Gasteiger partial charge in [-0.05, 0) is 69.9 Å². The lowest BCUT2D eigenvalue weighted by Gasteiger charge is -2.33. The van der Waals surface area contributed by atoms with Crippen LogP contribution in [0.3, 0.4) is 0 Å². The van der Waals surface area contributed by atoms with E-state index in [1.54, 1.807) is 4.90 Å². The number of rotatable bonds is 8. The van der Waals surface area contributed by atoms with Gasteiger partial charge in [0.25, 0.3) is 5.91 Å². The maximum absolute atomic E-state index is 13.2. The van der Waals surface area contributed by atoms with Crippen LogP contribution in [0.1, 0.15) is 50.8 Å². The fourth-order valence-corrected chi connectivity index (χ4v) is 3.40. The summed E-state index contributed by atoms with van der Waals surface area (Å²) in [7, 11) is 0. The molecule has 2 rings (SSSR count). The summed E-state index contributed by atoms with van der Waals surface area (Å²) in [6, 6.07) is 15.0. The number of amides is 2. The lowest BCUT2D eigenvalue weighted by atomic mass is 10.1. The van der Waals surface area contributed by atoms with Gasteiger partial charge in [-0.15, -0.1) is 0 Å². The largest absolute Gasteiger partial charge is 0.484 e. The molecule has 0 radical (unpaired) electrons. The van der Waals surface area contributed by atoms with Crippen molar-refractivity contribution < 1.29 is 14.3 Å². The van der Waals surface area contributed by atoms with Crippen LogP contribution in [0.4, 0.5) is 0 Å². The molecule has 1 atom stereocenters. The third kappa shape index (κ3) is 7.21. The summed E-state index contributed by atoms with van der Waals surface area (Å²) in [4.78, 5) is 27.7. The molecule has 2 aromatic carbocycles. The molecule has 2 amide bonds. The topological polar surface area (TPSA) is 58.6 Å². The molecule has 30 heavy (non-hydrogen) atoms. The summed E-state index contributed by atoms with van der Waals surface area (Å²) in [6.07, 6.45) is 0.518. The molecule has 0 saturated heterocycles. The number of aryl methyl sites for hydroxylation is 2. The monoisotopic (exact) mass is 410 g/mol. The van der Waals surface area contributed by atoms with Crippen molar-refractivity contribution >= 4 is 11.8 Å². The fraction of sp³-hybridized carbons (Fsp3) is 0.440. The molecule has 0 bridgehead atoms. The van der Waals surface area contributed by atoms with E-state index in [0.717, 1.165) is 16.7 Å². The molecule has 0 heterocycles. The first kappa shape index (κ1) is 23.5. The number of nitrogens with zero attached hydrogens (tertiary/aromatic N) is 1. The molecular formula is C25H34N2O3. The zero-order chi connectivity index (χ0) is 22.3. The lowest BCUT2D eigenvalue weighted by Crippen LogP contribution is -2.54. The number of carbonyl (C=O) groups excluding carboxylic acids is 2. The fourth-order valence-electron chi connectivity index (χ4n) is 3.40. The van der Waals surface area contributed by atoms with Gasteiger partial charge in [0.1, 0.15) is 11.8 Å². The second-order valence-electron chi connectivity index (χ2n) is 8.78. The number of ether oxygens (including phenoxy) is 1. The molecule has 2 aromatic rings. The van der Waals surface area contributed by atoms with Crippen molar-refractivity contribution in [2.24, 2.45) is 0 Å². The van der Waals surface area contributed by atoms with Crippen molar-refractivity contribution in [2.45, 2.75) is 66.1 Å². The van der Waals surface area contributed by atoms with Crippen LogP contribution < -0.4 is 10.1 Å². The zero-order valence-corrected chi connectivity index (χ0v) is 19.0. The summed E-state index contributed by atoms with van der Waals surface area (Å²) in [5, 5.41) is 3.01. The van der Waals surface area contributed by atoms with Crippen molar-refractivity contribution in [1.29, 1.82) is 0 Å². The predicted molar refractivity (Wildman–Crippen MR) is 120 cm³/mol. The Morgan fingerprint density at radius 3 is 2.17 bits per heavy atom. The molecule has 0 aliphatic rings. The Morgan fingerprint density at radius 1 is 1.03 bits per heavy atom. The number of hydrogen-bond acceptors (Lipinski definition) is 3. The Kier molecular flexibility index (Phi) is 8.04. The van der Waals surface area contributed by atoms with Gasteiger partial charge in [-0.1, -0.05) is 43.3 Å². The summed E-state index contributed by atoms with van der Waals surface area (Å²) in [6.45, 7) is 11.9. The van der Waals surface area contributed by atoms with Crippen LogP contribution in [-0.4, -0.2) is 34.9 Å². The third-order valence-corrected chi connectivity index (χ3v) is 4.64. The first-order valence-electron chi connectivity index (χ1n) is 10.5. The van der Waals surface area contributed by atoms with Gasteiger partial charge in [0.05, 0.1) is 0 Å². The molecular weight excluding hydrogens is 376 g/mol. The number of benzene rings is 2. The third-order valence-electron chi connectivity index (χ3n) is 4.64. The maximum Gasteiger partial charge on any atom is 0.261 e. The van der Waals surface area contributed by atoms with Crippen molar-refractivity contribution in [3.05, 3.63) is 65.2 Å². The van der Waals surface area contributed by atoms with E-state index in [9.17, 15) is 9.59 Å². The minimum Gasteiger partial charge on any atom is -0.484 e. The highest BCUT2D eigenvalue weighted by atomic mass is 16.5. The van der Waals surface area contributed by atoms with Gasteiger partial charge in [-0.25, -0.2) is 0 Å². The van der Waals surface area contributed by atoms with E-state index >= 15 is 0 Å². The molecule has 0 aliphatic heterocycles. The van der Waals surface area contributed by atoms with Crippen LogP contribution >= 0.6 is 0 Å². The summed E-state index contributed by atoms with van der Waals surface area (Å²) >= 11 is 0. The second kappa shape index (κ2) is 10.3. The average Bonchev–Trinajstić information content (AvgIpc) is 2.64. The lowest BCUT2D eigenvalue weighted by molar-refractivity contribution is -0.143. The Labute approximate surface area is 180 Å². The van der Waals surface area contributed by atoms with Crippen molar-refractivity contribution in [3.63, 3.8) is 0 Å². The van der Waals surface area contributed by atoms with Crippen LogP contribution in [0.15, 0.2) is 48.5 Å². The van der Waals surface area contributed by atoms with Gasteiger partial charge in [0, 0.05) is 12.1 Å². The highest BCUT2D eigenvalue weighted by Gasteiger charge is 2.30. The first-order chi connectivity index (χ1) is 14.1. The molecule has 0 unspecified atom stereocenters. The molecule has 0 fully saturated rings. The van der Waals surface area contributed by atoms with Crippen LogP contribution in [0, 0.1) is 13.8 Å². The van der Waals surface area contributed by atoms with E-state index in [2.05, 4.69) is 11.4 Å². The molecule has 1 N–H and O–H groups in total. The molecule has 0 saturated carbocycles. The van der Waals surface area contributed by atoms with Crippen LogP contribution in [0.2, 0.25) is 0 Å². The highest BCUT2D eigenvalue weighted by molar-refractivity contribution is 5.88. The SMILES string of the molecule is CC[C@@H](C(=O)NC(C)(C)C)N(Cc1ccccc1)C(=O)COc1cc(C)cc(C)c1. The van der Waals surface area contributed by atoms with Crippen molar-refractivity contribution in [2.75, 3.05) is 6.61 Å². The molecule has 0 aliphatic carbocycles. The Hall–Kier alpha value is -2.82. The maximum atomic E-state index is 13.2. The van der Waals surface area contributed by atoms with Crippen LogP contribution in [0.25, 0.3) is 0 Å². The smallest absolute Gasteiger partial charge is 0.261 e. The number of hydrogen-bond donors (Lipinski definition) is 1. The van der Waals surface area contributed by atoms with Crippen LogP contribution in [0.5, 0.6) is 5.75 Å². The summed E-state index contributed by atoms with van der Waals surface area (Å²) in [5.41, 5.74) is 2.75.